The molecule has 170 valence electrons. The summed E-state index contributed by atoms with van der Waals surface area (Å²) >= 11 is 1.19. The zero-order valence-electron chi connectivity index (χ0n) is 16.3. The summed E-state index contributed by atoms with van der Waals surface area (Å²) < 4.78 is 76.8. The number of benzene rings is 2. The van der Waals surface area contributed by atoms with E-state index in [2.05, 4.69) is 10.3 Å². The number of thioether (sulfide) groups is 1. The van der Waals surface area contributed by atoms with Crippen molar-refractivity contribution in [1.82, 2.24) is 0 Å². The van der Waals surface area contributed by atoms with Crippen LogP contribution in [0.1, 0.15) is 5.56 Å². The maximum Gasteiger partial charge on any atom is 0.418 e. The lowest BCUT2D eigenvalue weighted by Crippen LogP contribution is -2.37. The highest BCUT2D eigenvalue weighted by atomic mass is 32.2. The number of aliphatic imine (C=N–C) groups is 1. The van der Waals surface area contributed by atoms with Gasteiger partial charge in [-0.2, -0.15) is 13.2 Å². The molecular formula is C20H17F4N3O3S2. The van der Waals surface area contributed by atoms with Gasteiger partial charge in [-0.1, -0.05) is 23.9 Å². The van der Waals surface area contributed by atoms with Crippen LogP contribution in [-0.2, 0) is 20.8 Å². The molecule has 4 rings (SSSR count). The Kier molecular flexibility index (Phi) is 5.93. The molecule has 1 saturated heterocycles. The van der Waals surface area contributed by atoms with Gasteiger partial charge in [-0.3, -0.25) is 9.79 Å². The summed E-state index contributed by atoms with van der Waals surface area (Å²) in [4.78, 5) is 18.6. The first-order chi connectivity index (χ1) is 15.0. The van der Waals surface area contributed by atoms with E-state index < -0.39 is 45.9 Å². The number of amidine groups is 1. The number of halogens is 4. The van der Waals surface area contributed by atoms with E-state index in [-0.39, 0.29) is 22.4 Å². The van der Waals surface area contributed by atoms with Crippen LogP contribution in [0.5, 0.6) is 0 Å². The average Bonchev–Trinajstić information content (AvgIpc) is 3.20. The Morgan fingerprint density at radius 3 is 2.47 bits per heavy atom. The molecule has 1 fully saturated rings. The fourth-order valence-electron chi connectivity index (χ4n) is 3.53. The maximum atomic E-state index is 13.4. The van der Waals surface area contributed by atoms with E-state index in [1.807, 2.05) is 0 Å². The van der Waals surface area contributed by atoms with Gasteiger partial charge in [0.05, 0.1) is 28.8 Å². The third-order valence-corrected chi connectivity index (χ3v) is 8.23. The topological polar surface area (TPSA) is 78.8 Å². The number of nitrogens with one attached hydrogen (secondary N) is 1. The minimum Gasteiger partial charge on any atom is -0.324 e. The van der Waals surface area contributed by atoms with E-state index in [1.54, 1.807) is 0 Å². The first-order valence-electron chi connectivity index (χ1n) is 9.46. The average molecular weight is 488 g/mol. The van der Waals surface area contributed by atoms with Gasteiger partial charge in [0, 0.05) is 10.9 Å². The number of fused-ring (bicyclic) bond motifs is 1. The van der Waals surface area contributed by atoms with Crippen LogP contribution in [0.25, 0.3) is 0 Å². The monoisotopic (exact) mass is 487 g/mol. The van der Waals surface area contributed by atoms with Crippen LogP contribution in [0.15, 0.2) is 53.5 Å². The lowest BCUT2D eigenvalue weighted by Gasteiger charge is -2.24. The van der Waals surface area contributed by atoms with Crippen molar-refractivity contribution in [3.63, 3.8) is 0 Å². The lowest BCUT2D eigenvalue weighted by atomic mass is 10.1. The van der Waals surface area contributed by atoms with E-state index in [0.29, 0.717) is 10.9 Å². The van der Waals surface area contributed by atoms with Crippen molar-refractivity contribution in [3.8, 4) is 0 Å². The SMILES string of the molecule is O=C(CN(C1=N[C@@H]2CS(=O)(=O)C[C@H]2S1)c1ccc(F)cc1)Nc1ccccc1C(F)(F)F. The third kappa shape index (κ3) is 4.90. The van der Waals surface area contributed by atoms with Crippen molar-refractivity contribution in [2.75, 3.05) is 28.3 Å². The molecule has 6 nitrogen and oxygen atoms in total. The largest absolute Gasteiger partial charge is 0.418 e. The van der Waals surface area contributed by atoms with Crippen molar-refractivity contribution >= 4 is 44.0 Å². The van der Waals surface area contributed by atoms with Crippen LogP contribution in [0.4, 0.5) is 28.9 Å². The van der Waals surface area contributed by atoms with Gasteiger partial charge < -0.3 is 10.2 Å². The van der Waals surface area contributed by atoms with Gasteiger partial charge in [-0.25, -0.2) is 12.8 Å². The Balaban J connectivity index is 1.58. The van der Waals surface area contributed by atoms with Gasteiger partial charge in [0.15, 0.2) is 15.0 Å². The van der Waals surface area contributed by atoms with Crippen LogP contribution in [0.3, 0.4) is 0 Å². The number of amides is 1. The second-order valence-corrected chi connectivity index (χ2v) is 10.7. The van der Waals surface area contributed by atoms with Crippen LogP contribution >= 0.6 is 11.8 Å². The second-order valence-electron chi connectivity index (χ2n) is 7.37. The van der Waals surface area contributed by atoms with Gasteiger partial charge in [-0.15, -0.1) is 0 Å². The molecule has 0 spiro atoms. The number of anilines is 2. The third-order valence-electron chi connectivity index (χ3n) is 4.98. The summed E-state index contributed by atoms with van der Waals surface area (Å²) in [5.41, 5.74) is -0.957. The van der Waals surface area contributed by atoms with Crippen LogP contribution in [0, 0.1) is 5.82 Å². The Labute approximate surface area is 185 Å². The molecule has 2 atom stereocenters. The highest BCUT2D eigenvalue weighted by Crippen LogP contribution is 2.37. The number of carbonyl (C=O) groups excluding carboxylic acids is 1. The molecule has 32 heavy (non-hydrogen) atoms. The summed E-state index contributed by atoms with van der Waals surface area (Å²) in [6.45, 7) is -0.393. The fraction of sp³-hybridized carbons (Fsp3) is 0.300. The van der Waals surface area contributed by atoms with Gasteiger partial charge in [0.2, 0.25) is 5.91 Å². The van der Waals surface area contributed by atoms with Crippen molar-refractivity contribution in [2.45, 2.75) is 17.5 Å². The van der Waals surface area contributed by atoms with Gasteiger partial charge in [0.25, 0.3) is 0 Å². The summed E-state index contributed by atoms with van der Waals surface area (Å²) in [5.74, 6) is -1.38. The first kappa shape index (κ1) is 22.6. The fourth-order valence-corrected chi connectivity index (χ4v) is 7.31. The van der Waals surface area contributed by atoms with Crippen molar-refractivity contribution < 1.29 is 30.8 Å². The molecule has 2 aliphatic heterocycles. The Morgan fingerprint density at radius 1 is 1.12 bits per heavy atom. The number of nitrogens with zero attached hydrogens (tertiary/aromatic N) is 2. The van der Waals surface area contributed by atoms with Crippen molar-refractivity contribution in [1.29, 1.82) is 0 Å². The number of carbonyl (C=O) groups is 1. The number of hydrogen-bond acceptors (Lipinski definition) is 6. The zero-order valence-corrected chi connectivity index (χ0v) is 18.0. The van der Waals surface area contributed by atoms with Crippen molar-refractivity contribution in [2.24, 2.45) is 4.99 Å². The van der Waals surface area contributed by atoms with Gasteiger partial charge in [0.1, 0.15) is 12.4 Å². The number of para-hydroxylation sites is 1. The molecule has 2 heterocycles. The molecule has 1 N–H and O–H groups in total. The van der Waals surface area contributed by atoms with E-state index in [1.165, 1.54) is 53.1 Å². The Bertz CT molecular complexity index is 1170. The number of rotatable bonds is 4. The molecular weight excluding hydrogens is 470 g/mol. The smallest absolute Gasteiger partial charge is 0.324 e. The highest BCUT2D eigenvalue weighted by Gasteiger charge is 2.44. The molecule has 0 aliphatic carbocycles. The highest BCUT2D eigenvalue weighted by molar-refractivity contribution is 8.15. The first-order valence-corrected chi connectivity index (χ1v) is 12.2. The Hall–Kier alpha value is -2.60. The summed E-state index contributed by atoms with van der Waals surface area (Å²) in [6.07, 6.45) is -4.64. The van der Waals surface area contributed by atoms with E-state index in [0.717, 1.165) is 12.1 Å². The van der Waals surface area contributed by atoms with E-state index >= 15 is 0 Å². The zero-order chi connectivity index (χ0) is 23.1. The molecule has 0 aromatic heterocycles. The van der Waals surface area contributed by atoms with Gasteiger partial charge in [-0.05, 0) is 36.4 Å². The molecule has 2 aliphatic rings. The maximum absolute atomic E-state index is 13.4. The number of hydrogen-bond donors (Lipinski definition) is 1. The minimum absolute atomic E-state index is 0.0439. The van der Waals surface area contributed by atoms with Gasteiger partial charge >= 0.3 is 6.18 Å². The molecule has 0 unspecified atom stereocenters. The molecule has 0 bridgehead atoms. The Morgan fingerprint density at radius 2 is 1.81 bits per heavy atom. The molecule has 12 heteroatoms. The lowest BCUT2D eigenvalue weighted by molar-refractivity contribution is -0.137. The summed E-state index contributed by atoms with van der Waals surface area (Å²) in [5, 5.41) is 2.34. The van der Waals surface area contributed by atoms with Crippen molar-refractivity contribution in [3.05, 3.63) is 59.9 Å². The van der Waals surface area contributed by atoms with Crippen LogP contribution in [-0.4, -0.2) is 48.8 Å². The minimum atomic E-state index is -4.64. The molecule has 1 amide bonds. The quantitative estimate of drug-likeness (QED) is 0.668. The molecule has 0 saturated carbocycles. The van der Waals surface area contributed by atoms with Crippen LogP contribution in [0.2, 0.25) is 0 Å². The predicted octanol–water partition coefficient (Wildman–Crippen LogP) is 3.56. The standard InChI is InChI=1S/C20H17F4N3O3S2/c21-12-5-7-13(8-6-12)27(19-26-16-10-32(29,30)11-17(16)31-19)9-18(28)25-15-4-2-1-3-14(15)20(22,23)24/h1-8,16-17H,9-11H2,(H,25,28)/t16-,17-/m1/s1. The normalized spacial score (nSPS) is 21.7. The molecule has 2 aromatic rings. The summed E-state index contributed by atoms with van der Waals surface area (Å²) in [7, 11) is -3.19. The van der Waals surface area contributed by atoms with Crippen LogP contribution < -0.4 is 10.2 Å². The number of sulfone groups is 1. The number of alkyl halides is 3. The second kappa shape index (κ2) is 8.39. The molecule has 0 radical (unpaired) electrons. The predicted molar refractivity (Wildman–Crippen MR) is 115 cm³/mol. The summed E-state index contributed by atoms with van der Waals surface area (Å²) in [6, 6.07) is 9.36. The van der Waals surface area contributed by atoms with E-state index in [9.17, 15) is 30.8 Å². The molecule has 2 aromatic carbocycles. The van der Waals surface area contributed by atoms with E-state index in [4.69, 9.17) is 0 Å².